The Hall–Kier alpha value is -1.06. The predicted molar refractivity (Wildman–Crippen MR) is 87.6 cm³/mol. The number of halogens is 1. The minimum absolute atomic E-state index is 0. The topological polar surface area (TPSA) is 29.5 Å². The van der Waals surface area contributed by atoms with Crippen molar-refractivity contribution in [2.45, 2.75) is 38.7 Å². The molecule has 1 heterocycles. The van der Waals surface area contributed by atoms with Crippen LogP contribution in [-0.4, -0.2) is 31.0 Å². The molecule has 0 aromatic heterocycles. The third-order valence-corrected chi connectivity index (χ3v) is 3.98. The molecule has 0 amide bonds. The highest BCUT2D eigenvalue weighted by molar-refractivity contribution is 5.85. The zero-order chi connectivity index (χ0) is 18.9. The number of hydrogen-bond acceptors (Lipinski definition) is 3. The van der Waals surface area contributed by atoms with Crippen LogP contribution in [0.25, 0.3) is 0 Å². The second-order valence-corrected chi connectivity index (χ2v) is 5.48. The van der Waals surface area contributed by atoms with Crippen LogP contribution in [0.3, 0.4) is 0 Å². The van der Waals surface area contributed by atoms with Gasteiger partial charge in [0.25, 0.3) is 0 Å². The van der Waals surface area contributed by atoms with Gasteiger partial charge in [-0.05, 0) is 32.0 Å². The summed E-state index contributed by atoms with van der Waals surface area (Å²) in [4.78, 5) is 14.3. The maximum absolute atomic E-state index is 12.2. The van der Waals surface area contributed by atoms with Crippen molar-refractivity contribution in [3.8, 4) is 0 Å². The van der Waals surface area contributed by atoms with E-state index in [4.69, 9.17) is 11.6 Å². The molecular formula is C17H26ClNO2. The van der Waals surface area contributed by atoms with Gasteiger partial charge >= 0.3 is 5.97 Å². The van der Waals surface area contributed by atoms with Gasteiger partial charge in [0.15, 0.2) is 0 Å². The Morgan fingerprint density at radius 2 is 2.14 bits per heavy atom. The molecule has 2 rings (SSSR count). The van der Waals surface area contributed by atoms with Crippen molar-refractivity contribution in [1.29, 1.82) is 0 Å². The lowest BCUT2D eigenvalue weighted by molar-refractivity contribution is -0.168. The highest BCUT2D eigenvalue weighted by Gasteiger charge is 2.43. The normalized spacial score (nSPS) is 29.9. The molecule has 2 unspecified atom stereocenters. The molecule has 0 aliphatic carbocycles. The lowest BCUT2D eigenvalue weighted by Crippen LogP contribution is -2.41. The van der Waals surface area contributed by atoms with Gasteiger partial charge in [-0.15, -0.1) is 12.4 Å². The molecule has 0 bridgehead atoms. The molecule has 4 heteroatoms. The molecule has 0 saturated carbocycles. The van der Waals surface area contributed by atoms with E-state index in [0.717, 1.165) is 6.54 Å². The van der Waals surface area contributed by atoms with Crippen molar-refractivity contribution in [3.05, 3.63) is 35.8 Å². The van der Waals surface area contributed by atoms with Crippen LogP contribution in [0.4, 0.5) is 0 Å². The first-order chi connectivity index (χ1) is 11.7. The summed E-state index contributed by atoms with van der Waals surface area (Å²) in [6.45, 7) is 5.00. The number of ether oxygens (including phenoxy) is 1. The van der Waals surface area contributed by atoms with Crippen molar-refractivity contribution in [2.75, 3.05) is 20.1 Å². The maximum atomic E-state index is 12.2. The standard InChI is InChI=1S/C17H25NO2.ClH/c1-4-16(19)20-17(15-9-6-5-7-10-15)11-8-12-18(3)13-14(17)2;/h5-7,9-10,14H,4,8,11-13H2,1-3H3;1H/i5D,6D,7D,9D,10D;. The molecule has 0 spiro atoms. The molecule has 1 aliphatic heterocycles. The number of carbonyl (C=O) groups is 1. The van der Waals surface area contributed by atoms with Crippen molar-refractivity contribution in [3.63, 3.8) is 0 Å². The van der Waals surface area contributed by atoms with E-state index >= 15 is 0 Å². The molecule has 21 heavy (non-hydrogen) atoms. The monoisotopic (exact) mass is 316 g/mol. The van der Waals surface area contributed by atoms with Gasteiger partial charge in [0.05, 0.1) is 6.85 Å². The molecule has 1 aliphatic rings. The zero-order valence-corrected chi connectivity index (χ0v) is 13.6. The largest absolute Gasteiger partial charge is 0.454 e. The Bertz CT molecular complexity index is 659. The molecule has 1 aromatic carbocycles. The Morgan fingerprint density at radius 1 is 1.48 bits per heavy atom. The first kappa shape index (κ1) is 11.5. The van der Waals surface area contributed by atoms with Crippen LogP contribution in [0, 0.1) is 5.92 Å². The van der Waals surface area contributed by atoms with E-state index in [2.05, 4.69) is 4.90 Å². The van der Waals surface area contributed by atoms with Crippen LogP contribution in [-0.2, 0) is 15.1 Å². The summed E-state index contributed by atoms with van der Waals surface area (Å²) in [5.41, 5.74) is -1.12. The average molecular weight is 317 g/mol. The van der Waals surface area contributed by atoms with Gasteiger partial charge in [-0.2, -0.15) is 0 Å². The van der Waals surface area contributed by atoms with Crippen LogP contribution in [0.5, 0.6) is 0 Å². The minimum atomic E-state index is -1.22. The lowest BCUT2D eigenvalue weighted by Gasteiger charge is -2.38. The van der Waals surface area contributed by atoms with Crippen LogP contribution in [0.15, 0.2) is 30.2 Å². The summed E-state index contributed by atoms with van der Waals surface area (Å²) < 4.78 is 46.2. The molecular weight excluding hydrogens is 286 g/mol. The number of nitrogens with zero attached hydrogens (tertiary/aromatic N) is 1. The Balaban J connectivity index is 0.00000338. The molecule has 3 nitrogen and oxygen atoms in total. The molecule has 0 radical (unpaired) electrons. The van der Waals surface area contributed by atoms with Crippen molar-refractivity contribution < 1.29 is 16.4 Å². The fourth-order valence-corrected chi connectivity index (χ4v) is 2.88. The molecule has 1 aromatic rings. The Labute approximate surface area is 141 Å². The van der Waals surface area contributed by atoms with Crippen LogP contribution >= 0.6 is 12.4 Å². The lowest BCUT2D eigenvalue weighted by atomic mass is 9.79. The summed E-state index contributed by atoms with van der Waals surface area (Å²) in [6.07, 6.45) is 1.31. The van der Waals surface area contributed by atoms with E-state index in [9.17, 15) is 4.79 Å². The summed E-state index contributed by atoms with van der Waals surface area (Å²) in [6, 6.07) is -1.80. The van der Waals surface area contributed by atoms with E-state index in [1.165, 1.54) is 0 Å². The van der Waals surface area contributed by atoms with Gasteiger partial charge in [-0.1, -0.05) is 44.1 Å². The molecule has 118 valence electrons. The van der Waals surface area contributed by atoms with Crippen molar-refractivity contribution >= 4 is 18.4 Å². The summed E-state index contributed by atoms with van der Waals surface area (Å²) in [7, 11) is 1.97. The molecule has 2 atom stereocenters. The Kier molecular flexibility index (Phi) is 4.28. The first-order valence-corrected chi connectivity index (χ1v) is 7.13. The molecule has 0 N–H and O–H groups in total. The predicted octanol–water partition coefficient (Wildman–Crippen LogP) is 3.62. The van der Waals surface area contributed by atoms with Crippen molar-refractivity contribution in [1.82, 2.24) is 4.90 Å². The minimum Gasteiger partial charge on any atom is -0.454 e. The van der Waals surface area contributed by atoms with Gasteiger partial charge in [-0.25, -0.2) is 0 Å². The van der Waals surface area contributed by atoms with E-state index < -0.39 is 29.7 Å². The van der Waals surface area contributed by atoms with Gasteiger partial charge in [0.1, 0.15) is 5.60 Å². The quantitative estimate of drug-likeness (QED) is 0.798. The van der Waals surface area contributed by atoms with Gasteiger partial charge < -0.3 is 9.64 Å². The fraction of sp³-hybridized carbons (Fsp3) is 0.588. The number of benzene rings is 1. The average Bonchev–Trinajstić information content (AvgIpc) is 2.70. The number of hydrogen-bond donors (Lipinski definition) is 0. The van der Waals surface area contributed by atoms with Gasteiger partial charge in [-0.3, -0.25) is 4.79 Å². The van der Waals surface area contributed by atoms with Crippen molar-refractivity contribution in [2.24, 2.45) is 5.92 Å². The fourth-order valence-electron chi connectivity index (χ4n) is 2.88. The maximum Gasteiger partial charge on any atom is 0.306 e. The summed E-state index contributed by atoms with van der Waals surface area (Å²) >= 11 is 0. The smallest absolute Gasteiger partial charge is 0.306 e. The van der Waals surface area contributed by atoms with Crippen LogP contribution in [0.1, 0.15) is 45.5 Å². The number of rotatable bonds is 3. The third kappa shape index (κ3) is 3.98. The van der Waals surface area contributed by atoms with Crippen LogP contribution in [0.2, 0.25) is 0 Å². The Morgan fingerprint density at radius 3 is 2.76 bits per heavy atom. The number of carbonyl (C=O) groups excluding carboxylic acids is 1. The van der Waals surface area contributed by atoms with E-state index in [1.807, 2.05) is 14.0 Å². The van der Waals surface area contributed by atoms with Crippen LogP contribution < -0.4 is 0 Å². The second-order valence-electron chi connectivity index (χ2n) is 5.48. The van der Waals surface area contributed by atoms with Gasteiger partial charge in [0, 0.05) is 18.9 Å². The van der Waals surface area contributed by atoms with E-state index in [1.54, 1.807) is 6.92 Å². The third-order valence-electron chi connectivity index (χ3n) is 3.98. The van der Waals surface area contributed by atoms with E-state index in [-0.39, 0.29) is 42.4 Å². The second kappa shape index (κ2) is 7.81. The highest BCUT2D eigenvalue weighted by Crippen LogP contribution is 2.40. The summed E-state index contributed by atoms with van der Waals surface area (Å²) in [5.74, 6) is -0.637. The zero-order valence-electron chi connectivity index (χ0n) is 17.8. The first-order valence-electron chi connectivity index (χ1n) is 9.63. The summed E-state index contributed by atoms with van der Waals surface area (Å²) in [5, 5.41) is 0. The van der Waals surface area contributed by atoms with Gasteiger partial charge in [0.2, 0.25) is 0 Å². The SMILES string of the molecule is Cl.[2H]c1c([2H])c([2H])c(C2(OC(=O)CC)CCCN(C)CC2C)c([2H])c1[2H]. The van der Waals surface area contributed by atoms with E-state index in [0.29, 0.717) is 19.4 Å². The highest BCUT2D eigenvalue weighted by atomic mass is 35.5. The molecule has 1 fully saturated rings. The number of esters is 1. The number of likely N-dealkylation sites (tertiary alicyclic amines) is 1. The molecule has 1 saturated heterocycles.